The number of amides is 1. The number of carbonyl (C=O) groups excluding carboxylic acids is 2. The van der Waals surface area contributed by atoms with Crippen molar-refractivity contribution >= 4 is 28.5 Å². The smallest absolute Gasteiger partial charge is 0.344 e. The Morgan fingerprint density at radius 3 is 2.52 bits per heavy atom. The van der Waals surface area contributed by atoms with E-state index in [1.54, 1.807) is 31.2 Å². The minimum absolute atomic E-state index is 0.347. The second-order valence-electron chi connectivity index (χ2n) is 6.68. The molecule has 1 heterocycles. The Kier molecular flexibility index (Phi) is 5.97. The standard InChI is InChI=1S/C22H21NO6/c1-13-4-6-16(7-5-13)23-22(26)15(3)28-21(25)12-27-17-8-9-18-14(2)10-20(24)29-19(18)11-17/h4-11,15H,12H2,1-3H3,(H,23,26)/t15-/m1/s1. The lowest BCUT2D eigenvalue weighted by atomic mass is 10.1. The largest absolute Gasteiger partial charge is 0.482 e. The summed E-state index contributed by atoms with van der Waals surface area (Å²) in [5.41, 5.74) is 2.39. The second-order valence-corrected chi connectivity index (χ2v) is 6.68. The molecule has 150 valence electrons. The van der Waals surface area contributed by atoms with Crippen LogP contribution in [0.4, 0.5) is 5.69 Å². The summed E-state index contributed by atoms with van der Waals surface area (Å²) in [6.45, 7) is 4.85. The van der Waals surface area contributed by atoms with E-state index < -0.39 is 23.6 Å². The fourth-order valence-electron chi connectivity index (χ4n) is 2.70. The number of ether oxygens (including phenoxy) is 2. The van der Waals surface area contributed by atoms with Crippen LogP contribution in [-0.2, 0) is 14.3 Å². The third-order valence-electron chi connectivity index (χ3n) is 4.28. The van der Waals surface area contributed by atoms with Crippen molar-refractivity contribution in [3.8, 4) is 5.75 Å². The average Bonchev–Trinajstić information content (AvgIpc) is 2.67. The molecular formula is C22H21NO6. The third kappa shape index (κ3) is 5.22. The number of hydrogen-bond acceptors (Lipinski definition) is 6. The monoisotopic (exact) mass is 395 g/mol. The van der Waals surface area contributed by atoms with Crippen LogP contribution in [0.1, 0.15) is 18.1 Å². The van der Waals surface area contributed by atoms with Gasteiger partial charge in [-0.1, -0.05) is 17.7 Å². The van der Waals surface area contributed by atoms with Crippen molar-refractivity contribution in [3.05, 3.63) is 70.1 Å². The summed E-state index contributed by atoms with van der Waals surface area (Å²) in [6.07, 6.45) is -0.982. The highest BCUT2D eigenvalue weighted by molar-refractivity contribution is 5.95. The number of hydrogen-bond donors (Lipinski definition) is 1. The van der Waals surface area contributed by atoms with Crippen molar-refractivity contribution < 1.29 is 23.5 Å². The van der Waals surface area contributed by atoms with Gasteiger partial charge in [-0.15, -0.1) is 0 Å². The van der Waals surface area contributed by atoms with E-state index in [-0.39, 0.29) is 6.61 Å². The van der Waals surface area contributed by atoms with Crippen molar-refractivity contribution in [1.29, 1.82) is 0 Å². The van der Waals surface area contributed by atoms with Gasteiger partial charge in [0.05, 0.1) is 0 Å². The van der Waals surface area contributed by atoms with E-state index in [2.05, 4.69) is 5.32 Å². The van der Waals surface area contributed by atoms with Gasteiger partial charge in [0.2, 0.25) is 0 Å². The second kappa shape index (κ2) is 8.60. The molecule has 2 aromatic carbocycles. The topological polar surface area (TPSA) is 94.8 Å². The number of anilines is 1. The molecule has 0 saturated heterocycles. The SMILES string of the molecule is Cc1ccc(NC(=O)[C@@H](C)OC(=O)COc2ccc3c(C)cc(=O)oc3c2)cc1. The summed E-state index contributed by atoms with van der Waals surface area (Å²) in [5.74, 6) is -0.785. The molecule has 0 fully saturated rings. The first-order valence-electron chi connectivity index (χ1n) is 9.06. The van der Waals surface area contributed by atoms with Crippen LogP contribution in [0.25, 0.3) is 11.0 Å². The molecule has 0 aliphatic carbocycles. The van der Waals surface area contributed by atoms with Crippen molar-refractivity contribution in [1.82, 2.24) is 0 Å². The van der Waals surface area contributed by atoms with Gasteiger partial charge in [-0.05, 0) is 50.6 Å². The van der Waals surface area contributed by atoms with Gasteiger partial charge in [0.15, 0.2) is 12.7 Å². The van der Waals surface area contributed by atoms with Crippen LogP contribution in [-0.4, -0.2) is 24.6 Å². The zero-order valence-electron chi connectivity index (χ0n) is 16.4. The van der Waals surface area contributed by atoms with Gasteiger partial charge in [0.25, 0.3) is 5.91 Å². The van der Waals surface area contributed by atoms with Crippen LogP contribution in [0.2, 0.25) is 0 Å². The van der Waals surface area contributed by atoms with Gasteiger partial charge < -0.3 is 19.2 Å². The fraction of sp³-hybridized carbons (Fsp3) is 0.227. The molecule has 1 atom stereocenters. The molecular weight excluding hydrogens is 374 g/mol. The quantitative estimate of drug-likeness (QED) is 0.508. The predicted molar refractivity (Wildman–Crippen MR) is 108 cm³/mol. The van der Waals surface area contributed by atoms with Crippen LogP contribution in [0, 0.1) is 13.8 Å². The van der Waals surface area contributed by atoms with Crippen molar-refractivity contribution in [2.24, 2.45) is 0 Å². The first-order valence-corrected chi connectivity index (χ1v) is 9.06. The molecule has 0 aliphatic rings. The zero-order valence-corrected chi connectivity index (χ0v) is 16.4. The van der Waals surface area contributed by atoms with E-state index in [0.29, 0.717) is 17.0 Å². The van der Waals surface area contributed by atoms with Gasteiger partial charge in [0.1, 0.15) is 11.3 Å². The number of benzene rings is 2. The third-order valence-corrected chi connectivity index (χ3v) is 4.28. The summed E-state index contributed by atoms with van der Waals surface area (Å²) in [6, 6.07) is 13.6. The Hall–Kier alpha value is -3.61. The molecule has 0 saturated carbocycles. The summed E-state index contributed by atoms with van der Waals surface area (Å²) in [7, 11) is 0. The van der Waals surface area contributed by atoms with Gasteiger partial charge in [-0.25, -0.2) is 9.59 Å². The molecule has 0 unspecified atom stereocenters. The Labute approximate surface area is 167 Å². The van der Waals surface area contributed by atoms with E-state index in [1.807, 2.05) is 19.1 Å². The van der Waals surface area contributed by atoms with Gasteiger partial charge in [-0.2, -0.15) is 0 Å². The van der Waals surface area contributed by atoms with Crippen molar-refractivity contribution in [2.75, 3.05) is 11.9 Å². The van der Waals surface area contributed by atoms with Crippen LogP contribution in [0.5, 0.6) is 5.75 Å². The molecule has 1 N–H and O–H groups in total. The fourth-order valence-corrected chi connectivity index (χ4v) is 2.70. The first kappa shape index (κ1) is 20.1. The maximum Gasteiger partial charge on any atom is 0.344 e. The van der Waals surface area contributed by atoms with Crippen molar-refractivity contribution in [2.45, 2.75) is 26.9 Å². The zero-order chi connectivity index (χ0) is 21.0. The Bertz CT molecular complexity index is 1100. The predicted octanol–water partition coefficient (Wildman–Crippen LogP) is 3.36. The summed E-state index contributed by atoms with van der Waals surface area (Å²) >= 11 is 0. The Balaban J connectivity index is 1.55. The lowest BCUT2D eigenvalue weighted by Crippen LogP contribution is -2.31. The van der Waals surface area contributed by atoms with Crippen LogP contribution < -0.4 is 15.7 Å². The van der Waals surface area contributed by atoms with Crippen LogP contribution in [0.15, 0.2) is 57.7 Å². The number of aryl methyl sites for hydroxylation is 2. The number of esters is 1. The molecule has 3 aromatic rings. The van der Waals surface area contributed by atoms with Gasteiger partial charge in [-0.3, -0.25) is 4.79 Å². The highest BCUT2D eigenvalue weighted by atomic mass is 16.6. The molecule has 29 heavy (non-hydrogen) atoms. The number of rotatable bonds is 6. The lowest BCUT2D eigenvalue weighted by Gasteiger charge is -2.14. The van der Waals surface area contributed by atoms with Crippen LogP contribution in [0.3, 0.4) is 0 Å². The molecule has 3 rings (SSSR count). The molecule has 1 aromatic heterocycles. The normalized spacial score (nSPS) is 11.7. The number of fused-ring (bicyclic) bond motifs is 1. The maximum atomic E-state index is 12.1. The highest BCUT2D eigenvalue weighted by Crippen LogP contribution is 2.22. The summed E-state index contributed by atoms with van der Waals surface area (Å²) < 4.78 is 15.7. The van der Waals surface area contributed by atoms with E-state index in [1.165, 1.54) is 19.1 Å². The van der Waals surface area contributed by atoms with Crippen molar-refractivity contribution in [3.63, 3.8) is 0 Å². The Morgan fingerprint density at radius 2 is 1.79 bits per heavy atom. The maximum absolute atomic E-state index is 12.1. The van der Waals surface area contributed by atoms with E-state index >= 15 is 0 Å². The summed E-state index contributed by atoms with van der Waals surface area (Å²) in [5, 5.41) is 3.46. The molecule has 0 spiro atoms. The molecule has 1 amide bonds. The molecule has 0 aliphatic heterocycles. The van der Waals surface area contributed by atoms with E-state index in [9.17, 15) is 14.4 Å². The molecule has 7 nitrogen and oxygen atoms in total. The van der Waals surface area contributed by atoms with Gasteiger partial charge >= 0.3 is 11.6 Å². The average molecular weight is 395 g/mol. The van der Waals surface area contributed by atoms with E-state index in [0.717, 1.165) is 16.5 Å². The molecule has 0 radical (unpaired) electrons. The number of nitrogens with one attached hydrogen (secondary N) is 1. The minimum atomic E-state index is -0.982. The van der Waals surface area contributed by atoms with Gasteiger partial charge in [0, 0.05) is 23.2 Å². The first-order chi connectivity index (χ1) is 13.8. The highest BCUT2D eigenvalue weighted by Gasteiger charge is 2.18. The number of carbonyl (C=O) groups is 2. The minimum Gasteiger partial charge on any atom is -0.482 e. The lowest BCUT2D eigenvalue weighted by molar-refractivity contribution is -0.155. The Morgan fingerprint density at radius 1 is 1.07 bits per heavy atom. The summed E-state index contributed by atoms with van der Waals surface area (Å²) in [4.78, 5) is 35.6. The van der Waals surface area contributed by atoms with E-state index in [4.69, 9.17) is 13.9 Å². The molecule has 7 heteroatoms. The molecule has 0 bridgehead atoms. The van der Waals surface area contributed by atoms with Crippen LogP contribution >= 0.6 is 0 Å².